The van der Waals surface area contributed by atoms with Crippen LogP contribution in [-0.4, -0.2) is 48.9 Å². The van der Waals surface area contributed by atoms with Crippen molar-refractivity contribution >= 4 is 5.71 Å². The highest BCUT2D eigenvalue weighted by Gasteiger charge is 2.39. The van der Waals surface area contributed by atoms with Gasteiger partial charge in [0.1, 0.15) is 11.8 Å². The van der Waals surface area contributed by atoms with Crippen LogP contribution in [0.15, 0.2) is 4.99 Å². The standard InChI is InChI=1S/C12H18N4O2/c1-4-16-10(8-14)9(7-13)15-11(17-5-2)12(16)18-6-3/h10-12H,4-6H2,1-3H3/t10-,11+,12-/m1/s1. The molecule has 1 rings (SSSR count). The molecule has 0 radical (unpaired) electrons. The summed E-state index contributed by atoms with van der Waals surface area (Å²) in [5.74, 6) is 0. The SMILES string of the molecule is CCO[C@@H]1[C@H](OCC)N=C(C#N)[C@@H](C#N)N1CC. The van der Waals surface area contributed by atoms with Crippen LogP contribution >= 0.6 is 0 Å². The first-order chi connectivity index (χ1) is 8.73. The van der Waals surface area contributed by atoms with Gasteiger partial charge in [0.15, 0.2) is 18.5 Å². The number of ether oxygens (including phenoxy) is 2. The van der Waals surface area contributed by atoms with Gasteiger partial charge in [-0.15, -0.1) is 0 Å². The molecule has 0 saturated heterocycles. The second kappa shape index (κ2) is 7.07. The van der Waals surface area contributed by atoms with Crippen LogP contribution in [0.2, 0.25) is 0 Å². The Hall–Kier alpha value is -1.47. The Kier molecular flexibility index (Phi) is 5.73. The van der Waals surface area contributed by atoms with Gasteiger partial charge in [0.05, 0.1) is 6.07 Å². The second-order valence-electron chi connectivity index (χ2n) is 3.68. The van der Waals surface area contributed by atoms with Crippen molar-refractivity contribution in [2.45, 2.75) is 39.3 Å². The number of rotatable bonds is 5. The van der Waals surface area contributed by atoms with E-state index in [0.29, 0.717) is 19.8 Å². The van der Waals surface area contributed by atoms with Crippen LogP contribution < -0.4 is 0 Å². The number of hydrogen-bond donors (Lipinski definition) is 0. The molecule has 1 aliphatic heterocycles. The van der Waals surface area contributed by atoms with Gasteiger partial charge in [-0.1, -0.05) is 6.92 Å². The highest BCUT2D eigenvalue weighted by Crippen LogP contribution is 2.21. The van der Waals surface area contributed by atoms with E-state index in [9.17, 15) is 5.26 Å². The van der Waals surface area contributed by atoms with E-state index in [0.717, 1.165) is 0 Å². The Morgan fingerprint density at radius 2 is 1.89 bits per heavy atom. The van der Waals surface area contributed by atoms with Gasteiger partial charge in [-0.2, -0.15) is 10.5 Å². The van der Waals surface area contributed by atoms with Gasteiger partial charge in [-0.25, -0.2) is 4.99 Å². The van der Waals surface area contributed by atoms with Gasteiger partial charge >= 0.3 is 0 Å². The molecule has 3 atom stereocenters. The minimum atomic E-state index is -0.659. The van der Waals surface area contributed by atoms with Crippen LogP contribution in [0.5, 0.6) is 0 Å². The van der Waals surface area contributed by atoms with E-state index in [1.165, 1.54) is 0 Å². The maximum absolute atomic E-state index is 9.18. The predicted molar refractivity (Wildman–Crippen MR) is 65.7 cm³/mol. The summed E-state index contributed by atoms with van der Waals surface area (Å²) < 4.78 is 11.1. The van der Waals surface area contributed by atoms with E-state index in [-0.39, 0.29) is 5.71 Å². The zero-order valence-corrected chi connectivity index (χ0v) is 11.0. The van der Waals surface area contributed by atoms with Crippen molar-refractivity contribution < 1.29 is 9.47 Å². The van der Waals surface area contributed by atoms with Gasteiger partial charge in [0.25, 0.3) is 0 Å². The first-order valence-electron chi connectivity index (χ1n) is 6.09. The van der Waals surface area contributed by atoms with Crippen LogP contribution in [0, 0.1) is 22.7 Å². The molecular formula is C12H18N4O2. The third-order valence-electron chi connectivity index (χ3n) is 2.70. The Balaban J connectivity index is 3.10. The lowest BCUT2D eigenvalue weighted by molar-refractivity contribution is -0.144. The van der Waals surface area contributed by atoms with E-state index < -0.39 is 18.5 Å². The number of aliphatic imine (C=N–C) groups is 1. The maximum Gasteiger partial charge on any atom is 0.189 e. The van der Waals surface area contributed by atoms with Gasteiger partial charge in [-0.05, 0) is 20.4 Å². The third-order valence-corrected chi connectivity index (χ3v) is 2.70. The van der Waals surface area contributed by atoms with Crippen LogP contribution in [-0.2, 0) is 9.47 Å². The monoisotopic (exact) mass is 250 g/mol. The zero-order chi connectivity index (χ0) is 13.5. The van der Waals surface area contributed by atoms with E-state index in [2.05, 4.69) is 11.1 Å². The fraction of sp³-hybridized carbons (Fsp3) is 0.750. The van der Waals surface area contributed by atoms with Crippen LogP contribution in [0.25, 0.3) is 0 Å². The molecule has 0 spiro atoms. The predicted octanol–water partition coefficient (Wildman–Crippen LogP) is 0.904. The van der Waals surface area contributed by atoms with E-state index in [1.807, 2.05) is 26.8 Å². The molecule has 98 valence electrons. The molecule has 0 bridgehead atoms. The molecule has 6 nitrogen and oxygen atoms in total. The van der Waals surface area contributed by atoms with Crippen molar-refractivity contribution in [2.24, 2.45) is 4.99 Å². The van der Waals surface area contributed by atoms with Crippen LogP contribution in [0.4, 0.5) is 0 Å². The largest absolute Gasteiger partial charge is 0.358 e. The van der Waals surface area contributed by atoms with Crippen molar-refractivity contribution in [3.63, 3.8) is 0 Å². The fourth-order valence-electron chi connectivity index (χ4n) is 1.97. The van der Waals surface area contributed by atoms with Crippen molar-refractivity contribution in [1.82, 2.24) is 4.90 Å². The van der Waals surface area contributed by atoms with E-state index in [4.69, 9.17) is 14.7 Å². The molecule has 0 saturated carbocycles. The van der Waals surface area contributed by atoms with Gasteiger partial charge < -0.3 is 9.47 Å². The molecule has 0 unspecified atom stereocenters. The summed E-state index contributed by atoms with van der Waals surface area (Å²) in [4.78, 5) is 5.99. The topological polar surface area (TPSA) is 81.6 Å². The van der Waals surface area contributed by atoms with Crippen molar-refractivity contribution in [1.29, 1.82) is 10.5 Å². The molecule has 0 fully saturated rings. The summed E-state index contributed by atoms with van der Waals surface area (Å²) in [5, 5.41) is 18.2. The first kappa shape index (κ1) is 14.6. The first-order valence-corrected chi connectivity index (χ1v) is 6.09. The molecule has 0 amide bonds. The molecule has 0 aromatic heterocycles. The maximum atomic E-state index is 9.18. The molecule has 0 aromatic rings. The number of nitriles is 2. The smallest absolute Gasteiger partial charge is 0.189 e. The number of hydrogen-bond acceptors (Lipinski definition) is 6. The van der Waals surface area contributed by atoms with Gasteiger partial charge in [-0.3, -0.25) is 4.90 Å². The van der Waals surface area contributed by atoms with Crippen molar-refractivity contribution in [2.75, 3.05) is 19.8 Å². The summed E-state index contributed by atoms with van der Waals surface area (Å²) in [7, 11) is 0. The summed E-state index contributed by atoms with van der Waals surface area (Å²) in [5.41, 5.74) is 0.189. The molecule has 1 heterocycles. The normalized spacial score (nSPS) is 28.3. The van der Waals surface area contributed by atoms with Gasteiger partial charge in [0, 0.05) is 13.2 Å². The van der Waals surface area contributed by atoms with Crippen molar-refractivity contribution in [3.8, 4) is 12.1 Å². The quantitative estimate of drug-likeness (QED) is 0.724. The number of nitrogens with zero attached hydrogens (tertiary/aromatic N) is 4. The summed E-state index contributed by atoms with van der Waals surface area (Å²) in [6, 6.07) is 3.41. The second-order valence-corrected chi connectivity index (χ2v) is 3.68. The number of likely N-dealkylation sites (N-methyl/N-ethyl adjacent to an activating group) is 1. The lowest BCUT2D eigenvalue weighted by Gasteiger charge is -2.39. The van der Waals surface area contributed by atoms with Gasteiger partial charge in [0.2, 0.25) is 0 Å². The highest BCUT2D eigenvalue weighted by molar-refractivity contribution is 6.04. The minimum absolute atomic E-state index is 0.189. The fourth-order valence-corrected chi connectivity index (χ4v) is 1.97. The summed E-state index contributed by atoms with van der Waals surface area (Å²) in [6.45, 7) is 7.22. The Morgan fingerprint density at radius 3 is 2.33 bits per heavy atom. The van der Waals surface area contributed by atoms with E-state index >= 15 is 0 Å². The highest BCUT2D eigenvalue weighted by atomic mass is 16.6. The average molecular weight is 250 g/mol. The Bertz CT molecular complexity index is 383. The summed E-state index contributed by atoms with van der Waals surface area (Å²) >= 11 is 0. The molecule has 18 heavy (non-hydrogen) atoms. The lowest BCUT2D eigenvalue weighted by Crippen LogP contribution is -2.56. The molecule has 0 aromatic carbocycles. The zero-order valence-electron chi connectivity index (χ0n) is 11.0. The third kappa shape index (κ3) is 2.85. The molecule has 1 aliphatic rings. The molecular weight excluding hydrogens is 232 g/mol. The molecule has 6 heteroatoms. The molecule has 0 N–H and O–H groups in total. The lowest BCUT2D eigenvalue weighted by atomic mass is 10.1. The molecule has 0 aliphatic carbocycles. The van der Waals surface area contributed by atoms with Crippen molar-refractivity contribution in [3.05, 3.63) is 0 Å². The Labute approximate surface area is 107 Å². The summed E-state index contributed by atoms with van der Waals surface area (Å²) in [6.07, 6.45) is -0.962. The Morgan fingerprint density at radius 1 is 1.22 bits per heavy atom. The van der Waals surface area contributed by atoms with Crippen LogP contribution in [0.3, 0.4) is 0 Å². The van der Waals surface area contributed by atoms with Crippen LogP contribution in [0.1, 0.15) is 20.8 Å². The average Bonchev–Trinajstić information content (AvgIpc) is 2.39. The van der Waals surface area contributed by atoms with E-state index in [1.54, 1.807) is 4.90 Å². The minimum Gasteiger partial charge on any atom is -0.358 e.